The summed E-state index contributed by atoms with van der Waals surface area (Å²) < 4.78 is 7.12. The lowest BCUT2D eigenvalue weighted by Gasteiger charge is -2.11. The summed E-state index contributed by atoms with van der Waals surface area (Å²) in [7, 11) is 3.08. The zero-order chi connectivity index (χ0) is 19.6. The predicted molar refractivity (Wildman–Crippen MR) is 106 cm³/mol. The number of nitrogens with two attached hydrogens (primary N) is 1. The Labute approximate surface area is 164 Å². The zero-order valence-electron chi connectivity index (χ0n) is 15.0. The molecule has 1 aromatic heterocycles. The first kappa shape index (κ1) is 19.1. The van der Waals surface area contributed by atoms with Gasteiger partial charge in [-0.25, -0.2) is 4.79 Å². The van der Waals surface area contributed by atoms with Crippen molar-refractivity contribution in [2.45, 2.75) is 25.3 Å². The molecule has 0 spiro atoms. The summed E-state index contributed by atoms with van der Waals surface area (Å²) >= 11 is 3.32. The van der Waals surface area contributed by atoms with Crippen molar-refractivity contribution in [1.29, 1.82) is 0 Å². The molecular formula is C18H20BrN5O3. The Balaban J connectivity index is 1.95. The molecule has 1 amide bonds. The van der Waals surface area contributed by atoms with E-state index >= 15 is 0 Å². The van der Waals surface area contributed by atoms with Crippen LogP contribution in [0, 0.1) is 0 Å². The minimum atomic E-state index is -0.581. The fourth-order valence-corrected chi connectivity index (χ4v) is 3.59. The molecule has 1 heterocycles. The van der Waals surface area contributed by atoms with E-state index in [0.29, 0.717) is 21.5 Å². The second-order valence-corrected chi connectivity index (χ2v) is 7.02. The fourth-order valence-electron chi connectivity index (χ4n) is 3.19. The van der Waals surface area contributed by atoms with Crippen LogP contribution in [0.5, 0.6) is 0 Å². The van der Waals surface area contributed by atoms with Crippen LogP contribution < -0.4 is 11.1 Å². The van der Waals surface area contributed by atoms with Crippen molar-refractivity contribution in [3.63, 3.8) is 0 Å². The van der Waals surface area contributed by atoms with Crippen LogP contribution in [-0.2, 0) is 4.74 Å². The van der Waals surface area contributed by atoms with Crippen molar-refractivity contribution in [3.8, 4) is 0 Å². The second kappa shape index (κ2) is 7.91. The third kappa shape index (κ3) is 3.87. The van der Waals surface area contributed by atoms with E-state index in [2.05, 4.69) is 31.3 Å². The molecule has 1 unspecified atom stereocenters. The minimum absolute atomic E-state index is 0.0270. The first-order valence-corrected chi connectivity index (χ1v) is 9.23. The number of primary amides is 1. The Morgan fingerprint density at radius 2 is 2.19 bits per heavy atom. The van der Waals surface area contributed by atoms with Crippen LogP contribution >= 0.6 is 15.9 Å². The number of methoxy groups -OCH3 is 1. The van der Waals surface area contributed by atoms with Crippen molar-refractivity contribution in [2.24, 2.45) is 10.7 Å². The number of esters is 1. The first-order chi connectivity index (χ1) is 12.9. The van der Waals surface area contributed by atoms with Gasteiger partial charge in [-0.2, -0.15) is 5.10 Å². The number of hydrogen-bond donors (Lipinski definition) is 2. The van der Waals surface area contributed by atoms with E-state index in [1.807, 2.05) is 0 Å². The lowest BCUT2D eigenvalue weighted by atomic mass is 10.2. The number of benzene rings is 1. The maximum absolute atomic E-state index is 11.9. The zero-order valence-corrected chi connectivity index (χ0v) is 16.6. The number of amides is 1. The quantitative estimate of drug-likeness (QED) is 0.703. The van der Waals surface area contributed by atoms with Gasteiger partial charge in [-0.05, 0) is 53.4 Å². The highest BCUT2D eigenvalue weighted by Crippen LogP contribution is 2.30. The van der Waals surface area contributed by atoms with Crippen LogP contribution in [0.4, 0.5) is 11.5 Å². The number of aliphatic imine (C=N–C) groups is 1. The Hall–Kier alpha value is -2.68. The minimum Gasteiger partial charge on any atom is -0.465 e. The van der Waals surface area contributed by atoms with E-state index in [-0.39, 0.29) is 11.6 Å². The standard InChI is InChI=1S/C18H20BrN5O3/c1-21-14-4-3-5-15(14)24-9-12(16(20)25)17(23-24)22-10-6-7-13(19)11(8-10)18(26)27-2/h6-9,15H,3-5H2,1-2H3,(H2,20,25)(H,22,23). The summed E-state index contributed by atoms with van der Waals surface area (Å²) in [6.45, 7) is 0. The lowest BCUT2D eigenvalue weighted by Crippen LogP contribution is -2.14. The Morgan fingerprint density at radius 3 is 2.85 bits per heavy atom. The average Bonchev–Trinajstić information content (AvgIpc) is 3.29. The predicted octanol–water partition coefficient (Wildman–Crippen LogP) is 3.07. The highest BCUT2D eigenvalue weighted by Gasteiger charge is 2.26. The molecule has 1 atom stereocenters. The summed E-state index contributed by atoms with van der Waals surface area (Å²) in [6.07, 6.45) is 4.51. The number of nitrogens with zero attached hydrogens (tertiary/aromatic N) is 3. The van der Waals surface area contributed by atoms with E-state index in [1.165, 1.54) is 7.11 Å². The average molecular weight is 434 g/mol. The summed E-state index contributed by atoms with van der Waals surface area (Å²) in [5.74, 6) is -0.717. The molecule has 3 rings (SSSR count). The first-order valence-electron chi connectivity index (χ1n) is 8.44. The number of carbonyl (C=O) groups is 2. The highest BCUT2D eigenvalue weighted by molar-refractivity contribution is 9.10. The molecule has 8 nitrogen and oxygen atoms in total. The van der Waals surface area contributed by atoms with Crippen LogP contribution in [0.1, 0.15) is 46.0 Å². The van der Waals surface area contributed by atoms with Crippen molar-refractivity contribution in [1.82, 2.24) is 9.78 Å². The third-order valence-corrected chi connectivity index (χ3v) is 5.22. The van der Waals surface area contributed by atoms with Gasteiger partial charge < -0.3 is 15.8 Å². The Bertz CT molecular complexity index is 922. The normalized spacial score (nSPS) is 17.9. The summed E-state index contributed by atoms with van der Waals surface area (Å²) in [5, 5.41) is 7.60. The van der Waals surface area contributed by atoms with Gasteiger partial charge in [-0.1, -0.05) is 0 Å². The van der Waals surface area contributed by atoms with E-state index in [9.17, 15) is 9.59 Å². The molecule has 1 aliphatic carbocycles. The monoisotopic (exact) mass is 433 g/mol. The Morgan fingerprint density at radius 1 is 1.41 bits per heavy atom. The second-order valence-electron chi connectivity index (χ2n) is 6.17. The maximum atomic E-state index is 11.9. The molecule has 1 fully saturated rings. The summed E-state index contributed by atoms with van der Waals surface area (Å²) in [6, 6.07) is 5.12. The van der Waals surface area contributed by atoms with Crippen molar-refractivity contribution in [3.05, 3.63) is 40.0 Å². The van der Waals surface area contributed by atoms with Gasteiger partial charge >= 0.3 is 5.97 Å². The van der Waals surface area contributed by atoms with Crippen molar-refractivity contribution in [2.75, 3.05) is 19.5 Å². The number of hydrogen-bond acceptors (Lipinski definition) is 6. The van der Waals surface area contributed by atoms with E-state index < -0.39 is 11.9 Å². The Kier molecular flexibility index (Phi) is 5.59. The summed E-state index contributed by atoms with van der Waals surface area (Å²) in [5.41, 5.74) is 7.80. The van der Waals surface area contributed by atoms with Gasteiger partial charge in [0.25, 0.3) is 5.91 Å². The smallest absolute Gasteiger partial charge is 0.339 e. The highest BCUT2D eigenvalue weighted by atomic mass is 79.9. The van der Waals surface area contributed by atoms with Crippen LogP contribution in [0.15, 0.2) is 33.9 Å². The molecule has 0 bridgehead atoms. The van der Waals surface area contributed by atoms with Crippen molar-refractivity contribution < 1.29 is 14.3 Å². The molecule has 1 aliphatic rings. The van der Waals surface area contributed by atoms with E-state index in [4.69, 9.17) is 10.5 Å². The number of aromatic nitrogens is 2. The number of rotatable bonds is 5. The van der Waals surface area contributed by atoms with Gasteiger partial charge in [-0.3, -0.25) is 14.5 Å². The van der Waals surface area contributed by atoms with Gasteiger partial charge in [0.1, 0.15) is 5.56 Å². The number of carbonyl (C=O) groups excluding carboxylic acids is 2. The molecule has 0 aliphatic heterocycles. The molecule has 27 heavy (non-hydrogen) atoms. The van der Waals surface area contributed by atoms with Crippen LogP contribution in [-0.4, -0.2) is 41.5 Å². The van der Waals surface area contributed by atoms with Gasteiger partial charge in [0, 0.05) is 29.1 Å². The molecule has 1 aromatic carbocycles. The molecule has 1 saturated carbocycles. The maximum Gasteiger partial charge on any atom is 0.339 e. The molecule has 0 saturated heterocycles. The van der Waals surface area contributed by atoms with Gasteiger partial charge in [-0.15, -0.1) is 0 Å². The third-order valence-electron chi connectivity index (χ3n) is 4.53. The van der Waals surface area contributed by atoms with Crippen LogP contribution in [0.2, 0.25) is 0 Å². The molecule has 3 N–H and O–H groups in total. The molecular weight excluding hydrogens is 414 g/mol. The fraction of sp³-hybridized carbons (Fsp3) is 0.333. The SMILES string of the molecule is CN=C1CCCC1n1cc(C(N)=O)c(Nc2ccc(Br)c(C(=O)OC)c2)n1. The van der Waals surface area contributed by atoms with Crippen molar-refractivity contribution >= 4 is 45.0 Å². The van der Waals surface area contributed by atoms with Gasteiger partial charge in [0.15, 0.2) is 5.82 Å². The van der Waals surface area contributed by atoms with Crippen LogP contribution in [0.25, 0.3) is 0 Å². The molecule has 142 valence electrons. The molecule has 0 radical (unpaired) electrons. The molecule has 9 heteroatoms. The van der Waals surface area contributed by atoms with Gasteiger partial charge in [0.2, 0.25) is 0 Å². The summed E-state index contributed by atoms with van der Waals surface area (Å²) in [4.78, 5) is 28.1. The largest absolute Gasteiger partial charge is 0.465 e. The number of nitrogens with one attached hydrogen (secondary N) is 1. The lowest BCUT2D eigenvalue weighted by molar-refractivity contribution is 0.0599. The number of anilines is 2. The molecule has 2 aromatic rings. The van der Waals surface area contributed by atoms with E-state index in [0.717, 1.165) is 25.0 Å². The van der Waals surface area contributed by atoms with Crippen LogP contribution in [0.3, 0.4) is 0 Å². The van der Waals surface area contributed by atoms with Gasteiger partial charge in [0.05, 0.1) is 18.7 Å². The topological polar surface area (TPSA) is 112 Å². The van der Waals surface area contributed by atoms with E-state index in [1.54, 1.807) is 36.1 Å². The number of halogens is 1. The number of ether oxygens (including phenoxy) is 1.